The number of rotatable bonds is 10. The molecule has 0 spiro atoms. The van der Waals surface area contributed by atoms with Gasteiger partial charge in [0.25, 0.3) is 0 Å². The van der Waals surface area contributed by atoms with Crippen molar-refractivity contribution in [2.24, 2.45) is 0 Å². The molecule has 0 aliphatic heterocycles. The number of fused-ring (bicyclic) bond motifs is 14. The Morgan fingerprint density at radius 1 is 0.198 bits per heavy atom. The maximum absolute atomic E-state index is 2.49. The molecule has 0 saturated heterocycles. The molecule has 2 heterocycles. The molecule has 4 nitrogen and oxygen atoms in total. The Morgan fingerprint density at radius 3 is 0.849 bits per heavy atom. The van der Waals surface area contributed by atoms with Gasteiger partial charge in [-0.1, -0.05) is 182 Å². The van der Waals surface area contributed by atoms with Crippen LogP contribution < -0.4 is 9.80 Å². The lowest BCUT2D eigenvalue weighted by Gasteiger charge is -2.25. The number of hydrogen-bond donors (Lipinski definition) is 0. The van der Waals surface area contributed by atoms with Crippen LogP contribution in [0, 0.1) is 0 Å². The molecule has 0 aliphatic rings. The third-order valence-electron chi connectivity index (χ3n) is 17.6. The highest BCUT2D eigenvalue weighted by Crippen LogP contribution is 2.49. The monoisotopic (exact) mass is 1090 g/mol. The van der Waals surface area contributed by atoms with E-state index in [1.54, 1.807) is 0 Å². The fourth-order valence-electron chi connectivity index (χ4n) is 13.9. The first kappa shape index (κ1) is 49.2. The van der Waals surface area contributed by atoms with Crippen molar-refractivity contribution < 1.29 is 0 Å². The molecule has 0 amide bonds. The standard InChI is InChI=1S/C82H54N4/c1-7-23-59(24-8-1)83(60-25-9-2-10-26-60)65-43-39-55(40-44-65)73-53-57-51-72-58(52-71(57)67-47-49-77-81(79(67)73)69-35-19-21-37-75(69)85(77)63-31-15-5-16-32-63)54-74(56-41-45-66(46-42-56)84(61-27-11-3-12-28-61)62-29-13-4-14-30-62)80-68(72)48-50-78-82(80)70-36-20-22-38-76(70)86(78)64-33-17-6-18-34-64/h1-54H. The molecule has 0 N–H and O–H groups in total. The third-order valence-corrected chi connectivity index (χ3v) is 17.6. The second kappa shape index (κ2) is 20.2. The Hall–Kier alpha value is -11.5. The molecule has 86 heavy (non-hydrogen) atoms. The number of aromatic nitrogens is 2. The Morgan fingerprint density at radius 2 is 0.500 bits per heavy atom. The average molecular weight is 1100 g/mol. The maximum Gasteiger partial charge on any atom is 0.0547 e. The summed E-state index contributed by atoms with van der Waals surface area (Å²) in [5.41, 5.74) is 18.3. The summed E-state index contributed by atoms with van der Waals surface area (Å²) < 4.78 is 4.88. The SMILES string of the molecule is c1ccc(N(c2ccccc2)c2ccc(-c3cc4cc5c(cc(-c6ccc(N(c7ccccc7)c7ccccc7)cc6)c6c5ccc5c6c6ccccc6n5-c5ccccc5)cc4c4ccc5c(c6ccccc6n5-c5ccccc5)c34)cc2)cc1. The van der Waals surface area contributed by atoms with E-state index in [-0.39, 0.29) is 0 Å². The van der Waals surface area contributed by atoms with Crippen LogP contribution in [0.5, 0.6) is 0 Å². The van der Waals surface area contributed by atoms with Gasteiger partial charge >= 0.3 is 0 Å². The van der Waals surface area contributed by atoms with Crippen LogP contribution in [0.25, 0.3) is 120 Å². The number of nitrogens with zero attached hydrogens (tertiary/aromatic N) is 4. The zero-order valence-corrected chi connectivity index (χ0v) is 47.0. The fourth-order valence-corrected chi connectivity index (χ4v) is 13.9. The molecule has 0 bridgehead atoms. The lowest BCUT2D eigenvalue weighted by molar-refractivity contribution is 1.18. The summed E-state index contributed by atoms with van der Waals surface area (Å²) in [4.78, 5) is 4.68. The normalized spacial score (nSPS) is 11.7. The van der Waals surface area contributed by atoms with Gasteiger partial charge < -0.3 is 18.9 Å². The second-order valence-electron chi connectivity index (χ2n) is 22.4. The van der Waals surface area contributed by atoms with E-state index in [0.717, 1.165) is 56.6 Å². The summed E-state index contributed by atoms with van der Waals surface area (Å²) >= 11 is 0. The molecule has 17 rings (SSSR count). The Kier molecular flexibility index (Phi) is 11.5. The molecule has 2 aromatic heterocycles. The van der Waals surface area contributed by atoms with Crippen molar-refractivity contribution in [3.63, 3.8) is 0 Å². The summed E-state index contributed by atoms with van der Waals surface area (Å²) in [7, 11) is 0. The molecule has 17 aromatic rings. The largest absolute Gasteiger partial charge is 0.311 e. The molecule has 0 radical (unpaired) electrons. The molecule has 4 heteroatoms. The lowest BCUT2D eigenvalue weighted by atomic mass is 9.86. The highest BCUT2D eigenvalue weighted by atomic mass is 15.1. The molecular formula is C82H54N4. The summed E-state index contributed by atoms with van der Waals surface area (Å²) in [6, 6.07) is 120. The van der Waals surface area contributed by atoms with Crippen molar-refractivity contribution >= 4 is 121 Å². The molecule has 0 atom stereocenters. The van der Waals surface area contributed by atoms with Crippen molar-refractivity contribution in [2.45, 2.75) is 0 Å². The van der Waals surface area contributed by atoms with E-state index >= 15 is 0 Å². The molecular weight excluding hydrogens is 1040 g/mol. The van der Waals surface area contributed by atoms with E-state index in [2.05, 4.69) is 347 Å². The Bertz CT molecular complexity index is 4990. The maximum atomic E-state index is 2.49. The van der Waals surface area contributed by atoms with Crippen LogP contribution >= 0.6 is 0 Å². The van der Waals surface area contributed by atoms with Gasteiger partial charge in [0.2, 0.25) is 0 Å². The predicted molar refractivity (Wildman–Crippen MR) is 365 cm³/mol. The van der Waals surface area contributed by atoms with Crippen molar-refractivity contribution in [3.05, 3.63) is 328 Å². The molecule has 0 unspecified atom stereocenters. The Balaban J connectivity index is 0.949. The fraction of sp³-hybridized carbons (Fsp3) is 0. The predicted octanol–water partition coefficient (Wildman–Crippen LogP) is 22.8. The van der Waals surface area contributed by atoms with Gasteiger partial charge in [0.15, 0.2) is 0 Å². The van der Waals surface area contributed by atoms with Crippen LogP contribution in [-0.4, -0.2) is 9.13 Å². The first-order valence-corrected chi connectivity index (χ1v) is 29.6. The zero-order valence-electron chi connectivity index (χ0n) is 47.0. The lowest BCUT2D eigenvalue weighted by Crippen LogP contribution is -2.09. The molecule has 15 aromatic carbocycles. The van der Waals surface area contributed by atoms with Gasteiger partial charge in [-0.2, -0.15) is 0 Å². The van der Waals surface area contributed by atoms with Gasteiger partial charge in [0, 0.05) is 77.8 Å². The highest BCUT2D eigenvalue weighted by Gasteiger charge is 2.24. The minimum atomic E-state index is 1.09. The highest BCUT2D eigenvalue weighted by molar-refractivity contribution is 6.33. The quantitative estimate of drug-likeness (QED) is 0.100. The summed E-state index contributed by atoms with van der Waals surface area (Å²) in [6.07, 6.45) is 0. The summed E-state index contributed by atoms with van der Waals surface area (Å²) in [5.74, 6) is 0. The van der Waals surface area contributed by atoms with E-state index < -0.39 is 0 Å². The van der Waals surface area contributed by atoms with Crippen LogP contribution in [0.1, 0.15) is 0 Å². The van der Waals surface area contributed by atoms with E-state index in [1.165, 1.54) is 97.8 Å². The smallest absolute Gasteiger partial charge is 0.0547 e. The number of para-hydroxylation sites is 8. The van der Waals surface area contributed by atoms with E-state index in [1.807, 2.05) is 0 Å². The van der Waals surface area contributed by atoms with Crippen molar-refractivity contribution in [2.75, 3.05) is 9.80 Å². The average Bonchev–Trinajstić information content (AvgIpc) is 1.68. The van der Waals surface area contributed by atoms with Crippen LogP contribution in [0.3, 0.4) is 0 Å². The van der Waals surface area contributed by atoms with Gasteiger partial charge in [-0.05, 0) is 200 Å². The van der Waals surface area contributed by atoms with Gasteiger partial charge in [-0.3, -0.25) is 0 Å². The van der Waals surface area contributed by atoms with Gasteiger partial charge in [0.1, 0.15) is 0 Å². The summed E-state index contributed by atoms with van der Waals surface area (Å²) in [6.45, 7) is 0. The van der Waals surface area contributed by atoms with Gasteiger partial charge in [-0.15, -0.1) is 0 Å². The molecule has 0 saturated carbocycles. The van der Waals surface area contributed by atoms with Gasteiger partial charge in [-0.25, -0.2) is 0 Å². The van der Waals surface area contributed by atoms with Crippen molar-refractivity contribution in [1.29, 1.82) is 0 Å². The first-order chi connectivity index (χ1) is 42.7. The molecule has 0 aliphatic carbocycles. The zero-order chi connectivity index (χ0) is 56.7. The second-order valence-corrected chi connectivity index (χ2v) is 22.4. The number of benzene rings is 15. The van der Waals surface area contributed by atoms with E-state index in [4.69, 9.17) is 0 Å². The van der Waals surface area contributed by atoms with Crippen molar-refractivity contribution in [1.82, 2.24) is 9.13 Å². The molecule has 0 fully saturated rings. The van der Waals surface area contributed by atoms with E-state index in [9.17, 15) is 0 Å². The topological polar surface area (TPSA) is 16.3 Å². The van der Waals surface area contributed by atoms with Crippen LogP contribution in [0.15, 0.2) is 328 Å². The molecule has 402 valence electrons. The van der Waals surface area contributed by atoms with Crippen LogP contribution in [0.2, 0.25) is 0 Å². The minimum absolute atomic E-state index is 1.09. The Labute approximate surface area is 498 Å². The summed E-state index contributed by atoms with van der Waals surface area (Å²) in [5, 5.41) is 14.7. The number of anilines is 6. The van der Waals surface area contributed by atoms with E-state index in [0.29, 0.717) is 0 Å². The van der Waals surface area contributed by atoms with Crippen LogP contribution in [0.4, 0.5) is 34.1 Å². The van der Waals surface area contributed by atoms with Crippen LogP contribution in [-0.2, 0) is 0 Å². The number of hydrogen-bond acceptors (Lipinski definition) is 2. The van der Waals surface area contributed by atoms with Gasteiger partial charge in [0.05, 0.1) is 22.1 Å². The van der Waals surface area contributed by atoms with Crippen molar-refractivity contribution in [3.8, 4) is 33.6 Å². The first-order valence-electron chi connectivity index (χ1n) is 29.6. The minimum Gasteiger partial charge on any atom is -0.311 e. The third kappa shape index (κ3) is 7.92.